The molecule has 0 saturated heterocycles. The van der Waals surface area contributed by atoms with Gasteiger partial charge in [0.25, 0.3) is 0 Å². The lowest BCUT2D eigenvalue weighted by atomic mass is 10.1. The fourth-order valence-electron chi connectivity index (χ4n) is 2.91. The number of aliphatic hydroxyl groups is 1. The Morgan fingerprint density at radius 1 is 0.828 bits per heavy atom. The topological polar surface area (TPSA) is 102 Å². The van der Waals surface area contributed by atoms with Crippen molar-refractivity contribution in [2.75, 3.05) is 13.2 Å². The van der Waals surface area contributed by atoms with Crippen LogP contribution in [0.15, 0.2) is 0 Å². The average Bonchev–Trinajstić information content (AvgIpc) is 2.68. The zero-order valence-electron chi connectivity index (χ0n) is 18.5. The summed E-state index contributed by atoms with van der Waals surface area (Å²) < 4.78 is 9.88. The lowest BCUT2D eigenvalue weighted by molar-refractivity contribution is -0.154. The van der Waals surface area contributed by atoms with E-state index in [0.717, 1.165) is 19.3 Å². The highest BCUT2D eigenvalue weighted by Gasteiger charge is 2.17. The highest BCUT2D eigenvalue weighted by Crippen LogP contribution is 2.12. The van der Waals surface area contributed by atoms with Gasteiger partial charge in [-0.2, -0.15) is 0 Å². The van der Waals surface area contributed by atoms with Crippen molar-refractivity contribution in [2.45, 2.75) is 110 Å². The predicted octanol–water partition coefficient (Wildman–Crippen LogP) is 3.66. The first-order chi connectivity index (χ1) is 13.9. The molecular formula is C22H41NO6. The van der Waals surface area contributed by atoms with Gasteiger partial charge in [0.05, 0.1) is 0 Å². The Balaban J connectivity index is 3.54. The molecule has 0 aliphatic rings. The molecule has 29 heavy (non-hydrogen) atoms. The van der Waals surface area contributed by atoms with Crippen LogP contribution in [0.5, 0.6) is 0 Å². The monoisotopic (exact) mass is 415 g/mol. The van der Waals surface area contributed by atoms with Crippen LogP contribution in [-0.4, -0.2) is 48.3 Å². The standard InChI is InChI=1S/C22H41NO6/c1-4-5-6-7-8-9-10-11-12-13-14-15-21(26)28-16-20(25)17-29-22(27)18(2)23-19(3)24/h18,20,25H,4-17H2,1-3H3,(H,23,24)/t18-,20?/m0/s1. The molecule has 0 aromatic rings. The molecule has 0 aromatic heterocycles. The summed E-state index contributed by atoms with van der Waals surface area (Å²) in [6, 6.07) is -0.789. The van der Waals surface area contributed by atoms with Gasteiger partial charge < -0.3 is 19.9 Å². The van der Waals surface area contributed by atoms with Gasteiger partial charge in [0, 0.05) is 13.3 Å². The van der Waals surface area contributed by atoms with Gasteiger partial charge in [-0.3, -0.25) is 9.59 Å². The molecule has 0 fully saturated rings. The number of hydrogen-bond donors (Lipinski definition) is 2. The molecule has 2 N–H and O–H groups in total. The van der Waals surface area contributed by atoms with E-state index >= 15 is 0 Å². The normalized spacial score (nSPS) is 12.8. The van der Waals surface area contributed by atoms with Crippen molar-refractivity contribution < 1.29 is 29.0 Å². The molecule has 0 aliphatic carbocycles. The summed E-state index contributed by atoms with van der Waals surface area (Å²) in [5.74, 6) is -1.34. The van der Waals surface area contributed by atoms with Crippen LogP contribution in [0, 0.1) is 0 Å². The number of nitrogens with one attached hydrogen (secondary N) is 1. The van der Waals surface area contributed by atoms with Crippen molar-refractivity contribution >= 4 is 17.8 Å². The largest absolute Gasteiger partial charge is 0.463 e. The molecule has 1 unspecified atom stereocenters. The second-order valence-corrected chi connectivity index (χ2v) is 7.67. The van der Waals surface area contributed by atoms with Gasteiger partial charge in [-0.05, 0) is 13.3 Å². The minimum atomic E-state index is -1.08. The van der Waals surface area contributed by atoms with Gasteiger partial charge >= 0.3 is 11.9 Å². The first-order valence-corrected chi connectivity index (χ1v) is 11.1. The van der Waals surface area contributed by atoms with Crippen molar-refractivity contribution in [3.05, 3.63) is 0 Å². The number of aliphatic hydroxyl groups excluding tert-OH is 1. The Morgan fingerprint density at radius 3 is 1.83 bits per heavy atom. The number of ether oxygens (including phenoxy) is 2. The molecule has 0 bridgehead atoms. The number of amides is 1. The maximum absolute atomic E-state index is 11.7. The molecule has 0 rings (SSSR count). The molecule has 0 heterocycles. The third kappa shape index (κ3) is 18.2. The highest BCUT2D eigenvalue weighted by molar-refractivity contribution is 5.82. The zero-order valence-corrected chi connectivity index (χ0v) is 18.5. The average molecular weight is 416 g/mol. The van der Waals surface area contributed by atoms with Crippen LogP contribution in [0.25, 0.3) is 0 Å². The van der Waals surface area contributed by atoms with Crippen molar-refractivity contribution in [2.24, 2.45) is 0 Å². The molecule has 7 nitrogen and oxygen atoms in total. The lowest BCUT2D eigenvalue weighted by Crippen LogP contribution is -2.39. The van der Waals surface area contributed by atoms with Crippen molar-refractivity contribution in [3.8, 4) is 0 Å². The van der Waals surface area contributed by atoms with E-state index in [-0.39, 0.29) is 25.1 Å². The van der Waals surface area contributed by atoms with Crippen LogP contribution in [0.2, 0.25) is 0 Å². The molecule has 0 aromatic carbocycles. The van der Waals surface area contributed by atoms with E-state index in [1.54, 1.807) is 0 Å². The Hall–Kier alpha value is -1.63. The molecule has 170 valence electrons. The number of carbonyl (C=O) groups excluding carboxylic acids is 3. The number of esters is 2. The molecule has 0 radical (unpaired) electrons. The van der Waals surface area contributed by atoms with Crippen molar-refractivity contribution in [3.63, 3.8) is 0 Å². The molecule has 1 amide bonds. The summed E-state index contributed by atoms with van der Waals surface area (Å²) in [4.78, 5) is 34.1. The Bertz CT molecular complexity index is 455. The van der Waals surface area contributed by atoms with E-state index in [2.05, 4.69) is 12.2 Å². The first kappa shape index (κ1) is 27.4. The number of carbonyl (C=O) groups is 3. The molecule has 0 aliphatic heterocycles. The van der Waals surface area contributed by atoms with E-state index in [4.69, 9.17) is 9.47 Å². The van der Waals surface area contributed by atoms with Gasteiger partial charge in [0.1, 0.15) is 25.4 Å². The summed E-state index contributed by atoms with van der Waals surface area (Å²) in [6.45, 7) is 4.53. The van der Waals surface area contributed by atoms with Gasteiger partial charge in [0.2, 0.25) is 5.91 Å². The zero-order chi connectivity index (χ0) is 21.9. The smallest absolute Gasteiger partial charge is 0.328 e. The summed E-state index contributed by atoms with van der Waals surface area (Å²) in [5, 5.41) is 12.1. The summed E-state index contributed by atoms with van der Waals surface area (Å²) in [7, 11) is 0. The van der Waals surface area contributed by atoms with Crippen molar-refractivity contribution in [1.82, 2.24) is 5.32 Å². The molecule has 2 atom stereocenters. The van der Waals surface area contributed by atoms with Crippen molar-refractivity contribution in [1.29, 1.82) is 0 Å². The van der Waals surface area contributed by atoms with E-state index < -0.39 is 18.1 Å². The summed E-state index contributed by atoms with van der Waals surface area (Å²) >= 11 is 0. The van der Waals surface area contributed by atoms with E-state index in [1.807, 2.05) is 0 Å². The second kappa shape index (κ2) is 18.4. The molecule has 7 heteroatoms. The van der Waals surface area contributed by atoms with E-state index in [1.165, 1.54) is 65.2 Å². The van der Waals surface area contributed by atoms with Crippen LogP contribution in [0.4, 0.5) is 0 Å². The summed E-state index contributed by atoms with van der Waals surface area (Å²) in [5.41, 5.74) is 0. The molecular weight excluding hydrogens is 374 g/mol. The van der Waals surface area contributed by atoms with E-state index in [0.29, 0.717) is 6.42 Å². The Kier molecular flexibility index (Phi) is 17.4. The van der Waals surface area contributed by atoms with Gasteiger partial charge in [-0.15, -0.1) is 0 Å². The minimum Gasteiger partial charge on any atom is -0.463 e. The lowest BCUT2D eigenvalue weighted by Gasteiger charge is -2.15. The summed E-state index contributed by atoms with van der Waals surface area (Å²) in [6.07, 6.45) is 12.6. The first-order valence-electron chi connectivity index (χ1n) is 11.1. The Labute approximate surface area is 175 Å². The second-order valence-electron chi connectivity index (χ2n) is 7.67. The van der Waals surface area contributed by atoms with Gasteiger partial charge in [0.15, 0.2) is 0 Å². The van der Waals surface area contributed by atoms with Crippen LogP contribution in [0.3, 0.4) is 0 Å². The quantitative estimate of drug-likeness (QED) is 0.262. The number of hydrogen-bond acceptors (Lipinski definition) is 6. The van der Waals surface area contributed by atoms with Gasteiger partial charge in [-0.25, -0.2) is 4.79 Å². The predicted molar refractivity (Wildman–Crippen MR) is 112 cm³/mol. The van der Waals surface area contributed by atoms with Crippen LogP contribution in [0.1, 0.15) is 97.8 Å². The number of unbranched alkanes of at least 4 members (excludes halogenated alkanes) is 10. The number of rotatable bonds is 18. The third-order valence-corrected chi connectivity index (χ3v) is 4.61. The maximum Gasteiger partial charge on any atom is 0.328 e. The maximum atomic E-state index is 11.7. The molecule has 0 spiro atoms. The highest BCUT2D eigenvalue weighted by atomic mass is 16.6. The van der Waals surface area contributed by atoms with Crippen LogP contribution >= 0.6 is 0 Å². The SMILES string of the molecule is CCCCCCCCCCCCCC(=O)OCC(O)COC(=O)[C@H](C)NC(C)=O. The fraction of sp³-hybridized carbons (Fsp3) is 0.864. The van der Waals surface area contributed by atoms with E-state index in [9.17, 15) is 19.5 Å². The van der Waals surface area contributed by atoms with Crippen LogP contribution in [-0.2, 0) is 23.9 Å². The van der Waals surface area contributed by atoms with Gasteiger partial charge in [-0.1, -0.05) is 71.1 Å². The van der Waals surface area contributed by atoms with Crippen LogP contribution < -0.4 is 5.32 Å². The molecule has 0 saturated carbocycles. The Morgan fingerprint density at radius 2 is 1.31 bits per heavy atom. The minimum absolute atomic E-state index is 0.210. The third-order valence-electron chi connectivity index (χ3n) is 4.61. The fourth-order valence-corrected chi connectivity index (χ4v) is 2.91.